The van der Waals surface area contributed by atoms with E-state index >= 15 is 0 Å². The molecule has 1 aromatic heterocycles. The van der Waals surface area contributed by atoms with E-state index in [4.69, 9.17) is 5.73 Å². The predicted molar refractivity (Wildman–Crippen MR) is 54.5 cm³/mol. The molecule has 1 heterocycles. The van der Waals surface area contributed by atoms with Crippen LogP contribution in [0.1, 0.15) is 31.4 Å². The van der Waals surface area contributed by atoms with Crippen molar-refractivity contribution in [2.75, 3.05) is 5.73 Å². The van der Waals surface area contributed by atoms with Crippen LogP contribution in [0.3, 0.4) is 0 Å². The Morgan fingerprint density at radius 1 is 1.50 bits per heavy atom. The molecular weight excluding hydrogens is 180 g/mol. The summed E-state index contributed by atoms with van der Waals surface area (Å²) in [6, 6.07) is 1.61. The smallest absolute Gasteiger partial charge is 0.108 e. The van der Waals surface area contributed by atoms with Crippen LogP contribution >= 0.6 is 0 Å². The number of aromatic nitrogens is 1. The van der Waals surface area contributed by atoms with Gasteiger partial charge in [-0.2, -0.15) is 0 Å². The fourth-order valence-corrected chi connectivity index (χ4v) is 1.33. The molecule has 0 spiro atoms. The minimum Gasteiger partial charge on any atom is -0.398 e. The van der Waals surface area contributed by atoms with Crippen molar-refractivity contribution in [2.45, 2.75) is 32.0 Å². The average Bonchev–Trinajstić information content (AvgIpc) is 2.18. The van der Waals surface area contributed by atoms with Gasteiger partial charge in [-0.25, -0.2) is 0 Å². The van der Waals surface area contributed by atoms with E-state index in [0.717, 1.165) is 6.42 Å². The number of nitrogen functional groups attached to an aromatic ring is 1. The van der Waals surface area contributed by atoms with Crippen LogP contribution in [0.15, 0.2) is 18.5 Å². The standard InChI is InChI=1S/C10H16N2O2/c1-2-3-9(13)10(14)7-6-12-5-4-8(7)11/h4-6,9-10,13-14H,2-3H2,1H3,(H2,11,12). The Kier molecular flexibility index (Phi) is 3.85. The number of anilines is 1. The largest absolute Gasteiger partial charge is 0.398 e. The normalized spacial score (nSPS) is 15.1. The molecule has 4 heteroatoms. The van der Waals surface area contributed by atoms with Crippen LogP contribution in [-0.2, 0) is 0 Å². The highest BCUT2D eigenvalue weighted by Crippen LogP contribution is 2.23. The molecule has 0 aliphatic carbocycles. The van der Waals surface area contributed by atoms with E-state index in [-0.39, 0.29) is 0 Å². The first-order valence-electron chi connectivity index (χ1n) is 4.72. The lowest BCUT2D eigenvalue weighted by molar-refractivity contribution is 0.0133. The van der Waals surface area contributed by atoms with Crippen LogP contribution in [0.5, 0.6) is 0 Å². The maximum absolute atomic E-state index is 9.73. The van der Waals surface area contributed by atoms with Crippen molar-refractivity contribution in [1.29, 1.82) is 0 Å². The first-order chi connectivity index (χ1) is 6.66. The number of hydrogen-bond acceptors (Lipinski definition) is 4. The molecule has 0 amide bonds. The zero-order valence-electron chi connectivity index (χ0n) is 8.22. The van der Waals surface area contributed by atoms with Gasteiger partial charge in [0, 0.05) is 23.6 Å². The molecule has 1 rings (SSSR count). The highest BCUT2D eigenvalue weighted by Gasteiger charge is 2.19. The van der Waals surface area contributed by atoms with E-state index in [1.54, 1.807) is 12.3 Å². The highest BCUT2D eigenvalue weighted by atomic mass is 16.3. The van der Waals surface area contributed by atoms with Gasteiger partial charge in [0.1, 0.15) is 6.10 Å². The van der Waals surface area contributed by atoms with Crippen molar-refractivity contribution in [3.8, 4) is 0 Å². The predicted octanol–water partition coefficient (Wildman–Crippen LogP) is 0.858. The van der Waals surface area contributed by atoms with Gasteiger partial charge in [0.05, 0.1) is 6.10 Å². The van der Waals surface area contributed by atoms with Crippen LogP contribution in [0.4, 0.5) is 5.69 Å². The van der Waals surface area contributed by atoms with Crippen LogP contribution < -0.4 is 5.73 Å². The van der Waals surface area contributed by atoms with Gasteiger partial charge in [-0.3, -0.25) is 4.98 Å². The van der Waals surface area contributed by atoms with Crippen molar-refractivity contribution in [2.24, 2.45) is 0 Å². The molecule has 14 heavy (non-hydrogen) atoms. The highest BCUT2D eigenvalue weighted by molar-refractivity contribution is 5.45. The minimum atomic E-state index is -0.941. The first-order valence-corrected chi connectivity index (χ1v) is 4.72. The third-order valence-electron chi connectivity index (χ3n) is 2.15. The third-order valence-corrected chi connectivity index (χ3v) is 2.15. The Morgan fingerprint density at radius 2 is 2.21 bits per heavy atom. The van der Waals surface area contributed by atoms with Crippen LogP contribution in [0, 0.1) is 0 Å². The average molecular weight is 196 g/mol. The van der Waals surface area contributed by atoms with Crippen LogP contribution in [0.25, 0.3) is 0 Å². The summed E-state index contributed by atoms with van der Waals surface area (Å²) in [6.45, 7) is 1.95. The number of aliphatic hydroxyl groups is 2. The zero-order chi connectivity index (χ0) is 10.6. The second-order valence-electron chi connectivity index (χ2n) is 3.31. The van der Waals surface area contributed by atoms with Gasteiger partial charge in [0.2, 0.25) is 0 Å². The van der Waals surface area contributed by atoms with Crippen molar-refractivity contribution in [1.82, 2.24) is 4.98 Å². The molecule has 0 aliphatic rings. The molecule has 1 aromatic rings. The fraction of sp³-hybridized carbons (Fsp3) is 0.500. The third kappa shape index (κ3) is 2.43. The molecule has 2 unspecified atom stereocenters. The lowest BCUT2D eigenvalue weighted by Crippen LogP contribution is -2.19. The van der Waals surface area contributed by atoms with Gasteiger partial charge < -0.3 is 15.9 Å². The summed E-state index contributed by atoms with van der Waals surface area (Å²) < 4.78 is 0. The Balaban J connectivity index is 2.78. The van der Waals surface area contributed by atoms with Gasteiger partial charge in [-0.1, -0.05) is 13.3 Å². The molecule has 2 atom stereocenters. The summed E-state index contributed by atoms with van der Waals surface area (Å²) in [5.74, 6) is 0. The van der Waals surface area contributed by atoms with Gasteiger partial charge >= 0.3 is 0 Å². The van der Waals surface area contributed by atoms with Crippen LogP contribution in [0.2, 0.25) is 0 Å². The van der Waals surface area contributed by atoms with Gasteiger partial charge in [0.15, 0.2) is 0 Å². The lowest BCUT2D eigenvalue weighted by Gasteiger charge is -2.18. The monoisotopic (exact) mass is 196 g/mol. The number of aliphatic hydroxyl groups excluding tert-OH is 2. The number of hydrogen-bond donors (Lipinski definition) is 3. The molecule has 0 fully saturated rings. The molecule has 0 saturated carbocycles. The summed E-state index contributed by atoms with van der Waals surface area (Å²) in [7, 11) is 0. The van der Waals surface area contributed by atoms with E-state index in [0.29, 0.717) is 17.7 Å². The van der Waals surface area contributed by atoms with Gasteiger partial charge in [-0.05, 0) is 12.5 Å². The molecule has 4 nitrogen and oxygen atoms in total. The molecule has 0 saturated heterocycles. The number of pyridine rings is 1. The maximum Gasteiger partial charge on any atom is 0.108 e. The van der Waals surface area contributed by atoms with Crippen molar-refractivity contribution in [3.05, 3.63) is 24.0 Å². The zero-order valence-corrected chi connectivity index (χ0v) is 8.22. The summed E-state index contributed by atoms with van der Waals surface area (Å²) in [5, 5.41) is 19.3. The molecule has 0 radical (unpaired) electrons. The van der Waals surface area contributed by atoms with E-state index in [1.807, 2.05) is 6.92 Å². The Bertz CT molecular complexity index is 291. The Hall–Kier alpha value is -1.13. The fourth-order valence-electron chi connectivity index (χ4n) is 1.33. The molecule has 0 aromatic carbocycles. The number of rotatable bonds is 4. The molecular formula is C10H16N2O2. The first kappa shape index (κ1) is 10.9. The maximum atomic E-state index is 9.73. The van der Waals surface area contributed by atoms with Crippen molar-refractivity contribution in [3.63, 3.8) is 0 Å². The molecule has 0 bridgehead atoms. The second-order valence-corrected chi connectivity index (χ2v) is 3.31. The Morgan fingerprint density at radius 3 is 2.79 bits per heavy atom. The Labute approximate surface area is 83.4 Å². The summed E-state index contributed by atoms with van der Waals surface area (Å²) in [4.78, 5) is 3.86. The summed E-state index contributed by atoms with van der Waals surface area (Å²) in [6.07, 6.45) is 2.69. The van der Waals surface area contributed by atoms with E-state index < -0.39 is 12.2 Å². The molecule has 0 aliphatic heterocycles. The van der Waals surface area contributed by atoms with E-state index in [1.165, 1.54) is 6.20 Å². The van der Waals surface area contributed by atoms with Crippen molar-refractivity contribution >= 4 is 5.69 Å². The quantitative estimate of drug-likeness (QED) is 0.667. The van der Waals surface area contributed by atoms with Crippen molar-refractivity contribution < 1.29 is 10.2 Å². The van der Waals surface area contributed by atoms with E-state index in [9.17, 15) is 10.2 Å². The molecule has 78 valence electrons. The SMILES string of the molecule is CCCC(O)C(O)c1cnccc1N. The van der Waals surface area contributed by atoms with E-state index in [2.05, 4.69) is 4.98 Å². The molecule has 4 N–H and O–H groups in total. The lowest BCUT2D eigenvalue weighted by atomic mass is 10.0. The summed E-state index contributed by atoms with van der Waals surface area (Å²) >= 11 is 0. The summed E-state index contributed by atoms with van der Waals surface area (Å²) in [5.41, 5.74) is 6.60. The number of nitrogens with zero attached hydrogens (tertiary/aromatic N) is 1. The minimum absolute atomic E-state index is 0.461. The van der Waals surface area contributed by atoms with Gasteiger partial charge in [0.25, 0.3) is 0 Å². The second kappa shape index (κ2) is 4.93. The topological polar surface area (TPSA) is 79.4 Å². The van der Waals surface area contributed by atoms with Gasteiger partial charge in [-0.15, -0.1) is 0 Å². The number of nitrogens with two attached hydrogens (primary N) is 1. The van der Waals surface area contributed by atoms with Crippen LogP contribution in [-0.4, -0.2) is 21.3 Å².